The average Bonchev–Trinajstić information content (AvgIpc) is 2.90. The number of thiazole rings is 1. The molecule has 90 valence electrons. The summed E-state index contributed by atoms with van der Waals surface area (Å²) in [6.45, 7) is 2.59. The van der Waals surface area contributed by atoms with Gasteiger partial charge >= 0.3 is 0 Å². The van der Waals surface area contributed by atoms with Crippen LogP contribution in [0.4, 0.5) is 0 Å². The maximum atomic E-state index is 11.5. The lowest BCUT2D eigenvalue weighted by Gasteiger charge is -2.01. The highest BCUT2D eigenvalue weighted by molar-refractivity contribution is 7.09. The summed E-state index contributed by atoms with van der Waals surface area (Å²) >= 11 is 1.63. The van der Waals surface area contributed by atoms with Crippen molar-refractivity contribution in [3.63, 3.8) is 0 Å². The predicted octanol–water partition coefficient (Wildman–Crippen LogP) is 1.95. The molecular formula is C12H14N2O2S. The molecule has 1 N–H and O–H groups in total. The van der Waals surface area contributed by atoms with E-state index in [2.05, 4.69) is 10.3 Å². The summed E-state index contributed by atoms with van der Waals surface area (Å²) in [4.78, 5) is 15.8. The number of hydrogen-bond acceptors (Lipinski definition) is 4. The van der Waals surface area contributed by atoms with Crippen LogP contribution in [0.5, 0.6) is 0 Å². The van der Waals surface area contributed by atoms with Crippen molar-refractivity contribution in [1.29, 1.82) is 0 Å². The summed E-state index contributed by atoms with van der Waals surface area (Å²) in [5, 5.41) is 5.92. The first-order valence-electron chi connectivity index (χ1n) is 5.44. The van der Waals surface area contributed by atoms with E-state index >= 15 is 0 Å². The van der Waals surface area contributed by atoms with Crippen molar-refractivity contribution in [2.45, 2.75) is 19.8 Å². The topological polar surface area (TPSA) is 55.1 Å². The molecule has 0 saturated heterocycles. The van der Waals surface area contributed by atoms with Gasteiger partial charge in [-0.05, 0) is 19.1 Å². The Morgan fingerprint density at radius 3 is 3.12 bits per heavy atom. The number of nitrogens with one attached hydrogen (secondary N) is 1. The van der Waals surface area contributed by atoms with Crippen LogP contribution in [0, 0.1) is 6.92 Å². The summed E-state index contributed by atoms with van der Waals surface area (Å²) in [5.41, 5.74) is 1.03. The second-order valence-corrected chi connectivity index (χ2v) is 4.68. The smallest absolute Gasteiger partial charge is 0.227 e. The Bertz CT molecular complexity index is 476. The zero-order valence-electron chi connectivity index (χ0n) is 9.60. The zero-order valence-corrected chi connectivity index (χ0v) is 10.4. The van der Waals surface area contributed by atoms with Crippen LogP contribution in [-0.4, -0.2) is 17.4 Å². The van der Waals surface area contributed by atoms with Gasteiger partial charge in [0.1, 0.15) is 5.76 Å². The number of aromatic nitrogens is 1. The zero-order chi connectivity index (χ0) is 12.1. The van der Waals surface area contributed by atoms with Gasteiger partial charge in [0, 0.05) is 24.0 Å². The molecule has 0 fully saturated rings. The van der Waals surface area contributed by atoms with Crippen molar-refractivity contribution >= 4 is 17.2 Å². The second kappa shape index (κ2) is 5.63. The highest BCUT2D eigenvalue weighted by Gasteiger charge is 2.05. The number of aryl methyl sites for hydroxylation is 1. The van der Waals surface area contributed by atoms with Gasteiger partial charge < -0.3 is 9.73 Å². The number of hydrogen-bond donors (Lipinski definition) is 1. The molecule has 0 atom stereocenters. The number of nitrogens with zero attached hydrogens (tertiary/aromatic N) is 1. The van der Waals surface area contributed by atoms with Crippen LogP contribution in [0.25, 0.3) is 0 Å². The van der Waals surface area contributed by atoms with Gasteiger partial charge in [-0.25, -0.2) is 4.98 Å². The summed E-state index contributed by atoms with van der Waals surface area (Å²) in [5.74, 6) is 0.667. The van der Waals surface area contributed by atoms with Crippen molar-refractivity contribution < 1.29 is 9.21 Å². The maximum absolute atomic E-state index is 11.5. The largest absolute Gasteiger partial charge is 0.469 e. The highest BCUT2D eigenvalue weighted by atomic mass is 32.1. The number of furan rings is 1. The van der Waals surface area contributed by atoms with Gasteiger partial charge in [-0.2, -0.15) is 0 Å². The van der Waals surface area contributed by atoms with E-state index in [9.17, 15) is 4.79 Å². The normalized spacial score (nSPS) is 10.4. The van der Waals surface area contributed by atoms with Gasteiger partial charge in [-0.3, -0.25) is 4.79 Å². The molecule has 2 heterocycles. The lowest BCUT2D eigenvalue weighted by atomic mass is 10.3. The first-order chi connectivity index (χ1) is 8.24. The number of carbonyl (C=O) groups is 1. The van der Waals surface area contributed by atoms with E-state index in [1.54, 1.807) is 29.7 Å². The van der Waals surface area contributed by atoms with Crippen molar-refractivity contribution in [3.8, 4) is 0 Å². The first-order valence-corrected chi connectivity index (χ1v) is 6.32. The first kappa shape index (κ1) is 11.9. The third kappa shape index (κ3) is 3.71. The molecule has 2 aromatic rings. The van der Waals surface area contributed by atoms with Gasteiger partial charge in [-0.1, -0.05) is 0 Å². The van der Waals surface area contributed by atoms with Crippen LogP contribution in [-0.2, 0) is 17.6 Å². The van der Waals surface area contributed by atoms with E-state index < -0.39 is 0 Å². The van der Waals surface area contributed by atoms with Crippen molar-refractivity contribution in [2.75, 3.05) is 6.54 Å². The minimum absolute atomic E-state index is 0.0202. The molecule has 0 aromatic carbocycles. The molecule has 2 aromatic heterocycles. The lowest BCUT2D eigenvalue weighted by Crippen LogP contribution is -2.27. The number of rotatable bonds is 5. The third-order valence-electron chi connectivity index (χ3n) is 2.24. The van der Waals surface area contributed by atoms with Crippen molar-refractivity contribution in [1.82, 2.24) is 10.3 Å². The monoisotopic (exact) mass is 250 g/mol. The maximum Gasteiger partial charge on any atom is 0.227 e. The summed E-state index contributed by atoms with van der Waals surface area (Å²) < 4.78 is 5.10. The quantitative estimate of drug-likeness (QED) is 0.882. The van der Waals surface area contributed by atoms with E-state index in [0.29, 0.717) is 18.7 Å². The van der Waals surface area contributed by atoms with Crippen LogP contribution in [0.1, 0.15) is 16.5 Å². The molecule has 5 heteroatoms. The Kier molecular flexibility index (Phi) is 3.93. The fourth-order valence-corrected chi connectivity index (χ4v) is 2.24. The molecule has 4 nitrogen and oxygen atoms in total. The van der Waals surface area contributed by atoms with Crippen LogP contribution in [0.15, 0.2) is 28.2 Å². The van der Waals surface area contributed by atoms with Gasteiger partial charge in [0.05, 0.1) is 17.7 Å². The van der Waals surface area contributed by atoms with Gasteiger partial charge in [-0.15, -0.1) is 11.3 Å². The lowest BCUT2D eigenvalue weighted by molar-refractivity contribution is -0.120. The molecule has 1 amide bonds. The molecule has 0 unspecified atom stereocenters. The fraction of sp³-hybridized carbons (Fsp3) is 0.333. The predicted molar refractivity (Wildman–Crippen MR) is 66.0 cm³/mol. The summed E-state index contributed by atoms with van der Waals surface area (Å²) in [6, 6.07) is 3.57. The van der Waals surface area contributed by atoms with E-state index in [4.69, 9.17) is 4.42 Å². The molecule has 0 aliphatic heterocycles. The van der Waals surface area contributed by atoms with E-state index in [0.717, 1.165) is 17.1 Å². The molecule has 0 saturated carbocycles. The molecule has 0 aliphatic rings. The molecule has 2 rings (SSSR count). The van der Waals surface area contributed by atoms with Gasteiger partial charge in [0.2, 0.25) is 5.91 Å². The molecule has 0 bridgehead atoms. The van der Waals surface area contributed by atoms with E-state index in [-0.39, 0.29) is 5.91 Å². The Labute approximate surface area is 104 Å². The molecular weight excluding hydrogens is 236 g/mol. The Morgan fingerprint density at radius 2 is 2.47 bits per heavy atom. The molecule has 17 heavy (non-hydrogen) atoms. The van der Waals surface area contributed by atoms with Gasteiger partial charge in [0.25, 0.3) is 0 Å². The highest BCUT2D eigenvalue weighted by Crippen LogP contribution is 2.08. The Hall–Kier alpha value is -1.62. The standard InChI is InChI=1S/C12H14N2O2S/c1-9-8-17-12(14-9)4-5-13-11(15)7-10-3-2-6-16-10/h2-3,6,8H,4-5,7H2,1H3,(H,13,15). The number of amides is 1. The molecule has 0 spiro atoms. The van der Waals surface area contributed by atoms with Crippen molar-refractivity contribution in [2.24, 2.45) is 0 Å². The number of carbonyl (C=O) groups excluding carboxylic acids is 1. The minimum atomic E-state index is -0.0202. The van der Waals surface area contributed by atoms with Gasteiger partial charge in [0.15, 0.2) is 0 Å². The second-order valence-electron chi connectivity index (χ2n) is 3.74. The summed E-state index contributed by atoms with van der Waals surface area (Å²) in [6.07, 6.45) is 2.65. The fourth-order valence-electron chi connectivity index (χ4n) is 1.46. The minimum Gasteiger partial charge on any atom is -0.469 e. The summed E-state index contributed by atoms with van der Waals surface area (Å²) in [7, 11) is 0. The molecule has 0 radical (unpaired) electrons. The van der Waals surface area contributed by atoms with E-state index in [1.807, 2.05) is 12.3 Å². The Balaban J connectivity index is 1.70. The third-order valence-corrected chi connectivity index (χ3v) is 3.27. The van der Waals surface area contributed by atoms with Crippen LogP contribution < -0.4 is 5.32 Å². The van der Waals surface area contributed by atoms with Crippen LogP contribution >= 0.6 is 11.3 Å². The SMILES string of the molecule is Cc1csc(CCNC(=O)Cc2ccco2)n1. The van der Waals surface area contributed by atoms with Crippen LogP contribution in [0.2, 0.25) is 0 Å². The van der Waals surface area contributed by atoms with E-state index in [1.165, 1.54) is 0 Å². The van der Waals surface area contributed by atoms with Crippen molar-refractivity contribution in [3.05, 3.63) is 40.2 Å². The van der Waals surface area contributed by atoms with Crippen LogP contribution in [0.3, 0.4) is 0 Å². The average molecular weight is 250 g/mol. The molecule has 0 aliphatic carbocycles. The Morgan fingerprint density at radius 1 is 1.59 bits per heavy atom.